The summed E-state index contributed by atoms with van der Waals surface area (Å²) in [5.74, 6) is 0.232. The maximum absolute atomic E-state index is 12.7. The van der Waals surface area contributed by atoms with Crippen LogP contribution in [-0.4, -0.2) is 42.2 Å². The molecule has 1 aromatic carbocycles. The van der Waals surface area contributed by atoms with Gasteiger partial charge in [0.25, 0.3) is 0 Å². The fourth-order valence-corrected chi connectivity index (χ4v) is 1.67. The van der Waals surface area contributed by atoms with E-state index >= 15 is 0 Å². The zero-order chi connectivity index (χ0) is 14.1. The van der Waals surface area contributed by atoms with Crippen molar-refractivity contribution in [3.8, 4) is 5.75 Å². The van der Waals surface area contributed by atoms with Crippen molar-refractivity contribution in [1.29, 1.82) is 0 Å². The number of hydrogen-bond acceptors (Lipinski definition) is 3. The van der Waals surface area contributed by atoms with Crippen LogP contribution in [0.15, 0.2) is 24.3 Å². The van der Waals surface area contributed by atoms with Gasteiger partial charge in [-0.3, -0.25) is 4.79 Å². The molecule has 0 saturated heterocycles. The van der Waals surface area contributed by atoms with Gasteiger partial charge in [0.1, 0.15) is 11.6 Å². The smallest absolute Gasteiger partial charge is 0.225 e. The van der Waals surface area contributed by atoms with Crippen LogP contribution in [0.5, 0.6) is 5.75 Å². The molecule has 0 fully saturated rings. The molecule has 0 radical (unpaired) electrons. The average Bonchev–Trinajstić information content (AvgIpc) is 2.42. The molecule has 1 aromatic rings. The minimum Gasteiger partial charge on any atom is -0.493 e. The molecule has 5 heteroatoms. The molecule has 1 N–H and O–H groups in total. The van der Waals surface area contributed by atoms with Crippen molar-refractivity contribution >= 4 is 5.91 Å². The van der Waals surface area contributed by atoms with Crippen LogP contribution in [0.2, 0.25) is 0 Å². The summed E-state index contributed by atoms with van der Waals surface area (Å²) in [6.07, 6.45) is 0.856. The van der Waals surface area contributed by atoms with Crippen LogP contribution < -0.4 is 4.74 Å². The molecule has 0 aromatic heterocycles. The zero-order valence-electron chi connectivity index (χ0n) is 11.1. The molecule has 1 rings (SSSR count). The van der Waals surface area contributed by atoms with E-state index in [0.717, 1.165) is 0 Å². The third-order valence-electron chi connectivity index (χ3n) is 2.72. The minimum absolute atomic E-state index is 0.00179. The van der Waals surface area contributed by atoms with Gasteiger partial charge in [-0.2, -0.15) is 0 Å². The second-order valence-corrected chi connectivity index (χ2v) is 4.10. The molecular weight excluding hydrogens is 249 g/mol. The van der Waals surface area contributed by atoms with Gasteiger partial charge in [-0.05, 0) is 37.6 Å². The largest absolute Gasteiger partial charge is 0.493 e. The Balaban J connectivity index is 2.31. The summed E-state index contributed by atoms with van der Waals surface area (Å²) in [7, 11) is 0. The van der Waals surface area contributed by atoms with Crippen molar-refractivity contribution in [2.75, 3.05) is 26.3 Å². The first-order chi connectivity index (χ1) is 9.17. The first-order valence-corrected chi connectivity index (χ1v) is 6.44. The Bertz CT molecular complexity index is 381. The summed E-state index contributed by atoms with van der Waals surface area (Å²) in [5, 5.41) is 8.75. The lowest BCUT2D eigenvalue weighted by Gasteiger charge is -2.20. The Kier molecular flexibility index (Phi) is 6.89. The minimum atomic E-state index is -0.315. The van der Waals surface area contributed by atoms with Gasteiger partial charge < -0.3 is 14.7 Å². The Labute approximate surface area is 112 Å². The highest BCUT2D eigenvalue weighted by molar-refractivity contribution is 5.76. The van der Waals surface area contributed by atoms with Crippen molar-refractivity contribution in [2.45, 2.75) is 19.8 Å². The van der Waals surface area contributed by atoms with Gasteiger partial charge in [0.05, 0.1) is 13.0 Å². The van der Waals surface area contributed by atoms with Crippen LogP contribution in [0.3, 0.4) is 0 Å². The zero-order valence-corrected chi connectivity index (χ0v) is 11.1. The molecule has 4 nitrogen and oxygen atoms in total. The predicted molar refractivity (Wildman–Crippen MR) is 70.5 cm³/mol. The second kappa shape index (κ2) is 8.48. The molecule has 0 aliphatic rings. The highest BCUT2D eigenvalue weighted by Crippen LogP contribution is 2.11. The fraction of sp³-hybridized carbons (Fsp3) is 0.500. The van der Waals surface area contributed by atoms with E-state index < -0.39 is 0 Å². The quantitative estimate of drug-likeness (QED) is 0.783. The average molecular weight is 269 g/mol. The summed E-state index contributed by atoms with van der Waals surface area (Å²) in [5.41, 5.74) is 0. The lowest BCUT2D eigenvalue weighted by atomic mass is 10.3. The van der Waals surface area contributed by atoms with Gasteiger partial charge in [-0.1, -0.05) is 0 Å². The van der Waals surface area contributed by atoms with Crippen molar-refractivity contribution in [3.63, 3.8) is 0 Å². The van der Waals surface area contributed by atoms with Crippen LogP contribution in [0.25, 0.3) is 0 Å². The molecule has 19 heavy (non-hydrogen) atoms. The Hall–Kier alpha value is -1.62. The molecule has 0 heterocycles. The van der Waals surface area contributed by atoms with Crippen molar-refractivity contribution < 1.29 is 19.0 Å². The maximum Gasteiger partial charge on any atom is 0.225 e. The summed E-state index contributed by atoms with van der Waals surface area (Å²) in [6, 6.07) is 5.69. The van der Waals surface area contributed by atoms with E-state index in [1.54, 1.807) is 4.90 Å². The number of aliphatic hydroxyl groups is 1. The maximum atomic E-state index is 12.7. The predicted octanol–water partition coefficient (Wildman–Crippen LogP) is 1.83. The number of rotatable bonds is 8. The SMILES string of the molecule is CCN(CCCO)C(=O)CCOc1ccc(F)cc1. The molecule has 0 atom stereocenters. The van der Waals surface area contributed by atoms with Crippen molar-refractivity contribution in [2.24, 2.45) is 0 Å². The van der Waals surface area contributed by atoms with Gasteiger partial charge in [0.15, 0.2) is 0 Å². The molecule has 0 spiro atoms. The number of halogens is 1. The topological polar surface area (TPSA) is 49.8 Å². The van der Waals surface area contributed by atoms with E-state index in [9.17, 15) is 9.18 Å². The van der Waals surface area contributed by atoms with E-state index in [1.165, 1.54) is 24.3 Å². The van der Waals surface area contributed by atoms with Crippen LogP contribution in [-0.2, 0) is 4.79 Å². The number of carbonyl (C=O) groups is 1. The number of benzene rings is 1. The van der Waals surface area contributed by atoms with Crippen LogP contribution in [0.1, 0.15) is 19.8 Å². The first kappa shape index (κ1) is 15.4. The highest BCUT2D eigenvalue weighted by atomic mass is 19.1. The molecule has 0 bridgehead atoms. The van der Waals surface area contributed by atoms with E-state index in [4.69, 9.17) is 9.84 Å². The summed E-state index contributed by atoms with van der Waals surface area (Å²) < 4.78 is 18.0. The number of amides is 1. The Morgan fingerprint density at radius 3 is 2.63 bits per heavy atom. The first-order valence-electron chi connectivity index (χ1n) is 6.44. The lowest BCUT2D eigenvalue weighted by Crippen LogP contribution is -2.33. The summed E-state index contributed by atoms with van der Waals surface area (Å²) in [6.45, 7) is 3.42. The third-order valence-corrected chi connectivity index (χ3v) is 2.72. The van der Waals surface area contributed by atoms with E-state index in [1.807, 2.05) is 6.92 Å². The number of carbonyl (C=O) groups excluding carboxylic acids is 1. The normalized spacial score (nSPS) is 10.3. The molecule has 0 aliphatic carbocycles. The molecule has 1 amide bonds. The molecule has 0 unspecified atom stereocenters. The summed E-state index contributed by atoms with van der Waals surface area (Å²) >= 11 is 0. The molecule has 0 saturated carbocycles. The monoisotopic (exact) mass is 269 g/mol. The van der Waals surface area contributed by atoms with Crippen molar-refractivity contribution in [3.05, 3.63) is 30.1 Å². The van der Waals surface area contributed by atoms with Gasteiger partial charge >= 0.3 is 0 Å². The molecular formula is C14H20FNO3. The number of nitrogens with zero attached hydrogens (tertiary/aromatic N) is 1. The third kappa shape index (κ3) is 5.70. The molecule has 0 aliphatic heterocycles. The van der Waals surface area contributed by atoms with Gasteiger partial charge in [-0.25, -0.2) is 4.39 Å². The lowest BCUT2D eigenvalue weighted by molar-refractivity contribution is -0.131. The summed E-state index contributed by atoms with van der Waals surface area (Å²) in [4.78, 5) is 13.5. The Morgan fingerprint density at radius 2 is 2.05 bits per heavy atom. The number of hydrogen-bond donors (Lipinski definition) is 1. The molecule has 106 valence electrons. The van der Waals surface area contributed by atoms with Crippen molar-refractivity contribution in [1.82, 2.24) is 4.90 Å². The van der Waals surface area contributed by atoms with Gasteiger partial charge in [0, 0.05) is 19.7 Å². The van der Waals surface area contributed by atoms with Crippen LogP contribution in [0.4, 0.5) is 4.39 Å². The number of aliphatic hydroxyl groups excluding tert-OH is 1. The van der Waals surface area contributed by atoms with Gasteiger partial charge in [0.2, 0.25) is 5.91 Å². The van der Waals surface area contributed by atoms with Crippen LogP contribution >= 0.6 is 0 Å². The standard InChI is InChI=1S/C14H20FNO3/c1-2-16(9-3-10-17)14(18)8-11-19-13-6-4-12(15)5-7-13/h4-7,17H,2-3,8-11H2,1H3. The van der Waals surface area contributed by atoms with E-state index in [-0.39, 0.29) is 31.4 Å². The fourth-order valence-electron chi connectivity index (χ4n) is 1.67. The van der Waals surface area contributed by atoms with E-state index in [2.05, 4.69) is 0 Å². The van der Waals surface area contributed by atoms with Gasteiger partial charge in [-0.15, -0.1) is 0 Å². The Morgan fingerprint density at radius 1 is 1.37 bits per heavy atom. The number of ether oxygens (including phenoxy) is 1. The highest BCUT2D eigenvalue weighted by Gasteiger charge is 2.10. The second-order valence-electron chi connectivity index (χ2n) is 4.10. The van der Waals surface area contributed by atoms with E-state index in [0.29, 0.717) is 25.3 Å². The van der Waals surface area contributed by atoms with Crippen LogP contribution in [0, 0.1) is 5.82 Å².